The Balaban J connectivity index is 0.686. The predicted molar refractivity (Wildman–Crippen MR) is 251 cm³/mol. The number of carbonyl (C=O) groups is 4. The van der Waals surface area contributed by atoms with E-state index in [4.69, 9.17) is 16.3 Å². The van der Waals surface area contributed by atoms with Gasteiger partial charge in [0, 0.05) is 101 Å². The summed E-state index contributed by atoms with van der Waals surface area (Å²) in [7, 11) is -1.83. The number of imide groups is 2. The maximum atomic E-state index is 13.3. The Labute approximate surface area is 388 Å². The molecule has 0 spiro atoms. The summed E-state index contributed by atoms with van der Waals surface area (Å²) in [4.78, 5) is 70.5. The Hall–Kier alpha value is -6.02. The molecule has 6 aliphatic rings. The van der Waals surface area contributed by atoms with E-state index < -0.39 is 39.7 Å². The Kier molecular flexibility index (Phi) is 11.7. The molecule has 1 unspecified atom stereocenters. The maximum absolute atomic E-state index is 13.3. The number of methoxy groups -OCH3 is 1. The number of hydrogen-bond donors (Lipinski definition) is 3. The molecule has 3 N–H and O–H groups in total. The maximum Gasteiger partial charge on any atom is 0.262 e. The number of aromatic nitrogens is 2. The Morgan fingerprint density at radius 1 is 0.818 bits per heavy atom. The van der Waals surface area contributed by atoms with Crippen LogP contribution in [-0.2, 0) is 26.0 Å². The molecule has 0 saturated carbocycles. The fraction of sp³-hybridized carbons (Fsp3) is 0.435. The number of sulfonamides is 1. The first-order chi connectivity index (χ1) is 31.8. The molecule has 0 radical (unpaired) electrons. The highest BCUT2D eigenvalue weighted by molar-refractivity contribution is 7.92. The molecule has 7 heterocycles. The van der Waals surface area contributed by atoms with Gasteiger partial charge in [-0.2, -0.15) is 4.98 Å². The lowest BCUT2D eigenvalue weighted by molar-refractivity contribution is -0.136. The molecule has 6 aliphatic heterocycles. The lowest BCUT2D eigenvalue weighted by Crippen LogP contribution is -2.57. The van der Waals surface area contributed by atoms with Crippen LogP contribution in [0.4, 0.5) is 40.2 Å². The van der Waals surface area contributed by atoms with Gasteiger partial charge in [0.1, 0.15) is 16.8 Å². The van der Waals surface area contributed by atoms with Gasteiger partial charge < -0.3 is 30.1 Å². The van der Waals surface area contributed by atoms with Crippen molar-refractivity contribution in [3.8, 4) is 5.75 Å². The smallest absolute Gasteiger partial charge is 0.262 e. The van der Waals surface area contributed by atoms with Crippen molar-refractivity contribution < 1.29 is 32.3 Å². The van der Waals surface area contributed by atoms with Crippen molar-refractivity contribution in [2.45, 2.75) is 44.2 Å². The van der Waals surface area contributed by atoms with Crippen molar-refractivity contribution >= 4 is 85.5 Å². The first-order valence-corrected chi connectivity index (χ1v) is 24.7. The number of halogens is 1. The van der Waals surface area contributed by atoms with E-state index in [9.17, 15) is 27.6 Å². The van der Waals surface area contributed by atoms with E-state index in [1.54, 1.807) is 19.2 Å². The van der Waals surface area contributed by atoms with Crippen LogP contribution < -0.4 is 34.8 Å². The zero-order valence-electron chi connectivity index (χ0n) is 36.8. The molecule has 4 amide bonds. The van der Waals surface area contributed by atoms with Gasteiger partial charge in [-0.05, 0) is 67.6 Å². The molecule has 346 valence electrons. The van der Waals surface area contributed by atoms with Gasteiger partial charge in [0.15, 0.2) is 5.82 Å². The minimum Gasteiger partial charge on any atom is -0.494 e. The third-order valence-corrected chi connectivity index (χ3v) is 15.2. The number of carbonyl (C=O) groups excluding carboxylic acids is 4. The first kappa shape index (κ1) is 43.9. The van der Waals surface area contributed by atoms with Crippen LogP contribution in [0.25, 0.3) is 0 Å². The molecule has 20 heteroatoms. The highest BCUT2D eigenvalue weighted by Gasteiger charge is 2.45. The van der Waals surface area contributed by atoms with Gasteiger partial charge >= 0.3 is 0 Å². The topological polar surface area (TPSA) is 193 Å². The Bertz CT molecular complexity index is 2720. The molecule has 3 aromatic carbocycles. The molecule has 18 nitrogen and oxygen atoms in total. The average molecular weight is 939 g/mol. The fourth-order valence-electron chi connectivity index (χ4n) is 10.3. The number of para-hydroxylation sites is 1. The largest absolute Gasteiger partial charge is 0.494 e. The molecule has 4 saturated heterocycles. The van der Waals surface area contributed by atoms with Gasteiger partial charge in [-0.25, -0.2) is 13.4 Å². The Morgan fingerprint density at radius 3 is 2.30 bits per heavy atom. The molecule has 4 fully saturated rings. The molecule has 1 aromatic heterocycles. The first-order valence-electron chi connectivity index (χ1n) is 22.5. The van der Waals surface area contributed by atoms with Gasteiger partial charge in [0.25, 0.3) is 11.8 Å². The zero-order valence-corrected chi connectivity index (χ0v) is 38.4. The summed E-state index contributed by atoms with van der Waals surface area (Å²) in [5.41, 5.74) is 5.40. The highest BCUT2D eigenvalue weighted by atomic mass is 35.5. The second kappa shape index (κ2) is 17.7. The normalized spacial score (nSPS) is 20.9. The second-order valence-electron chi connectivity index (χ2n) is 17.9. The predicted octanol–water partition coefficient (Wildman–Crippen LogP) is 4.07. The third-order valence-electron chi connectivity index (χ3n) is 13.8. The van der Waals surface area contributed by atoms with E-state index >= 15 is 0 Å². The summed E-state index contributed by atoms with van der Waals surface area (Å²) >= 11 is 6.54. The van der Waals surface area contributed by atoms with Crippen LogP contribution in [0.5, 0.6) is 5.75 Å². The van der Waals surface area contributed by atoms with E-state index in [1.807, 2.05) is 36.4 Å². The van der Waals surface area contributed by atoms with Crippen molar-refractivity contribution in [1.82, 2.24) is 30.0 Å². The standard InChI is InChI=1S/C46H52ClN11O7S/c1-65-39-23-32(7-9-36(39)50-46-48-24-35(47)42(52-46)49-37-5-3-4-29-12-17-57(41(29)37)66(2,63)64)54-15-13-30(14-16-54)55-20-18-53(19-21-55)25-28-26-56(27-28)31-6-8-33-34(22-31)45(62)58(44(33)61)38-10-11-40(59)51-43(38)60/h3-9,22-24,28,30,38H,10-21,25-27H2,1-2H3,(H,51,59,60)(H2,48,49,50,52). The number of rotatable bonds is 12. The third kappa shape index (κ3) is 8.48. The number of hydrogen-bond acceptors (Lipinski definition) is 15. The van der Waals surface area contributed by atoms with E-state index in [0.29, 0.717) is 70.6 Å². The van der Waals surface area contributed by atoms with Crippen molar-refractivity contribution in [2.24, 2.45) is 5.92 Å². The van der Waals surface area contributed by atoms with Crippen LogP contribution in [0.3, 0.4) is 0 Å². The Morgan fingerprint density at radius 2 is 1.56 bits per heavy atom. The van der Waals surface area contributed by atoms with E-state index in [0.717, 1.165) is 93.6 Å². The van der Waals surface area contributed by atoms with Gasteiger partial charge in [-0.1, -0.05) is 23.7 Å². The van der Waals surface area contributed by atoms with Crippen LogP contribution in [0.1, 0.15) is 52.0 Å². The number of fused-ring (bicyclic) bond motifs is 2. The van der Waals surface area contributed by atoms with Crippen molar-refractivity contribution in [3.63, 3.8) is 0 Å². The average Bonchev–Trinajstić information content (AvgIpc) is 3.85. The number of piperidine rings is 2. The number of piperazine rings is 1. The number of anilines is 7. The van der Waals surface area contributed by atoms with E-state index in [-0.39, 0.29) is 17.9 Å². The summed E-state index contributed by atoms with van der Waals surface area (Å²) in [6.45, 7) is 9.14. The number of benzene rings is 3. The van der Waals surface area contributed by atoms with Gasteiger partial charge in [-0.3, -0.25) is 38.6 Å². The number of nitrogens with one attached hydrogen (secondary N) is 3. The second-order valence-corrected chi connectivity index (χ2v) is 20.2. The lowest BCUT2D eigenvalue weighted by atomic mass is 9.96. The van der Waals surface area contributed by atoms with Gasteiger partial charge in [-0.15, -0.1) is 0 Å². The summed E-state index contributed by atoms with van der Waals surface area (Å²) < 4.78 is 32.3. The molecule has 4 aromatic rings. The SMILES string of the molecule is COc1cc(N2CCC(N3CCN(CC4CN(c5ccc6c(c5)C(=O)N(C5CCC(=O)NC5=O)C6=O)C4)CC3)CC2)ccc1Nc1ncc(Cl)c(Nc2cccc3c2N(S(C)(=O)=O)CC3)n1. The summed E-state index contributed by atoms with van der Waals surface area (Å²) in [6, 6.07) is 16.6. The minimum absolute atomic E-state index is 0.0924. The van der Waals surface area contributed by atoms with Gasteiger partial charge in [0.2, 0.25) is 27.8 Å². The fourth-order valence-corrected chi connectivity index (χ4v) is 11.4. The minimum atomic E-state index is -3.47. The van der Waals surface area contributed by atoms with Gasteiger partial charge in [0.05, 0.1) is 47.8 Å². The monoisotopic (exact) mass is 937 g/mol. The van der Waals surface area contributed by atoms with E-state index in [2.05, 4.69) is 51.6 Å². The summed E-state index contributed by atoms with van der Waals surface area (Å²) in [6.07, 6.45) is 5.70. The van der Waals surface area contributed by atoms with Crippen molar-refractivity contribution in [1.29, 1.82) is 0 Å². The van der Waals surface area contributed by atoms with Crippen LogP contribution >= 0.6 is 11.6 Å². The van der Waals surface area contributed by atoms with Crippen LogP contribution in [-0.4, -0.2) is 148 Å². The zero-order chi connectivity index (χ0) is 45.9. The van der Waals surface area contributed by atoms with Crippen LogP contribution in [0.2, 0.25) is 5.02 Å². The lowest BCUT2D eigenvalue weighted by Gasteiger charge is -2.46. The number of nitrogens with zero attached hydrogens (tertiary/aromatic N) is 8. The molecule has 0 bridgehead atoms. The molecular weight excluding hydrogens is 886 g/mol. The van der Waals surface area contributed by atoms with Crippen molar-refractivity contribution in [3.05, 3.63) is 82.5 Å². The molecule has 10 rings (SSSR count). The molecule has 0 aliphatic carbocycles. The van der Waals surface area contributed by atoms with Crippen LogP contribution in [0, 0.1) is 5.92 Å². The number of amides is 4. The van der Waals surface area contributed by atoms with E-state index in [1.165, 1.54) is 16.8 Å². The molecule has 66 heavy (non-hydrogen) atoms. The summed E-state index contributed by atoms with van der Waals surface area (Å²) in [5, 5.41) is 9.05. The van der Waals surface area contributed by atoms with Crippen molar-refractivity contribution in [2.75, 3.05) is 104 Å². The quantitative estimate of drug-likeness (QED) is 0.172. The number of ether oxygens (including phenoxy) is 1. The summed E-state index contributed by atoms with van der Waals surface area (Å²) in [5.74, 6) is -0.170. The molecule has 1 atom stereocenters. The van der Waals surface area contributed by atoms with Crippen LogP contribution in [0.15, 0.2) is 60.8 Å². The highest BCUT2D eigenvalue weighted by Crippen LogP contribution is 2.40. The molecular formula is C46H52ClN11O7S.